The summed E-state index contributed by atoms with van der Waals surface area (Å²) in [5.41, 5.74) is 3.94. The lowest BCUT2D eigenvalue weighted by Crippen LogP contribution is -2.51. The summed E-state index contributed by atoms with van der Waals surface area (Å²) in [6, 6.07) is 24.7. The number of hydrogen-bond donors (Lipinski definition) is 1. The van der Waals surface area contributed by atoms with E-state index in [0.717, 1.165) is 28.0 Å². The first kappa shape index (κ1) is 24.1. The number of benzene rings is 3. The van der Waals surface area contributed by atoms with E-state index in [4.69, 9.17) is 4.74 Å². The summed E-state index contributed by atoms with van der Waals surface area (Å²) in [5.74, 6) is 0.484. The molecule has 0 spiro atoms. The molecule has 0 unspecified atom stereocenters. The first-order chi connectivity index (χ1) is 16.0. The van der Waals surface area contributed by atoms with E-state index in [1.807, 2.05) is 92.7 Å². The van der Waals surface area contributed by atoms with Gasteiger partial charge in [-0.05, 0) is 48.2 Å². The number of nitrogens with zero attached hydrogens (tertiary/aromatic N) is 1. The Morgan fingerprint density at radius 2 is 1.64 bits per heavy atom. The molecule has 0 radical (unpaired) electrons. The topological polar surface area (TPSA) is 58.6 Å². The summed E-state index contributed by atoms with van der Waals surface area (Å²) in [6.45, 7) is 4.71. The molecule has 0 fully saturated rings. The van der Waals surface area contributed by atoms with E-state index in [1.54, 1.807) is 12.0 Å². The van der Waals surface area contributed by atoms with Crippen LogP contribution in [0.15, 0.2) is 78.9 Å². The number of likely N-dealkylation sites (N-methyl/N-ethyl adjacent to an activating group) is 1. The number of aryl methyl sites for hydroxylation is 1. The van der Waals surface area contributed by atoms with Gasteiger partial charge in [0, 0.05) is 19.5 Å². The average Bonchev–Trinajstić information content (AvgIpc) is 2.83. The van der Waals surface area contributed by atoms with Gasteiger partial charge in [0.25, 0.3) is 0 Å². The zero-order chi connectivity index (χ0) is 23.6. The van der Waals surface area contributed by atoms with Gasteiger partial charge in [0.1, 0.15) is 11.8 Å². The zero-order valence-corrected chi connectivity index (χ0v) is 19.6. The van der Waals surface area contributed by atoms with Crippen LogP contribution in [-0.2, 0) is 29.0 Å². The van der Waals surface area contributed by atoms with Gasteiger partial charge in [-0.25, -0.2) is 0 Å². The maximum absolute atomic E-state index is 13.7. The molecule has 0 heterocycles. The van der Waals surface area contributed by atoms with Gasteiger partial charge in [0.05, 0.1) is 13.5 Å². The van der Waals surface area contributed by atoms with Crippen LogP contribution in [0.4, 0.5) is 0 Å². The Bertz CT molecular complexity index is 1070. The standard InChI is InChI=1S/C28H32N2O3/c1-4-29-28(32)26(18-22-12-6-5-7-13-22)30(20-23-14-10-16-25(17-23)33-3)27(31)19-24-15-9-8-11-21(24)2/h5-17,26H,4,18-20H2,1-3H3,(H,29,32)/t26-/m0/s1. The van der Waals surface area contributed by atoms with Crippen LogP contribution in [0, 0.1) is 6.92 Å². The van der Waals surface area contributed by atoms with Gasteiger partial charge in [0.2, 0.25) is 11.8 Å². The fourth-order valence-electron chi connectivity index (χ4n) is 3.89. The summed E-state index contributed by atoms with van der Waals surface area (Å²) >= 11 is 0. The normalized spacial score (nSPS) is 11.5. The first-order valence-corrected chi connectivity index (χ1v) is 11.3. The van der Waals surface area contributed by atoms with E-state index in [0.29, 0.717) is 19.5 Å². The predicted octanol–water partition coefficient (Wildman–Crippen LogP) is 4.32. The lowest BCUT2D eigenvalue weighted by atomic mass is 10.00. The molecule has 5 nitrogen and oxygen atoms in total. The number of methoxy groups -OCH3 is 1. The molecule has 0 bridgehead atoms. The minimum absolute atomic E-state index is 0.0840. The molecule has 33 heavy (non-hydrogen) atoms. The van der Waals surface area contributed by atoms with Crippen molar-refractivity contribution in [2.75, 3.05) is 13.7 Å². The lowest BCUT2D eigenvalue weighted by molar-refractivity contribution is -0.140. The van der Waals surface area contributed by atoms with Crippen molar-refractivity contribution in [1.29, 1.82) is 0 Å². The molecule has 3 aromatic carbocycles. The highest BCUT2D eigenvalue weighted by Gasteiger charge is 2.30. The van der Waals surface area contributed by atoms with Gasteiger partial charge in [-0.15, -0.1) is 0 Å². The minimum atomic E-state index is -0.630. The third-order valence-electron chi connectivity index (χ3n) is 5.71. The van der Waals surface area contributed by atoms with Crippen LogP contribution in [0.2, 0.25) is 0 Å². The summed E-state index contributed by atoms with van der Waals surface area (Å²) in [7, 11) is 1.62. The van der Waals surface area contributed by atoms with E-state index >= 15 is 0 Å². The fraction of sp³-hybridized carbons (Fsp3) is 0.286. The van der Waals surface area contributed by atoms with Crippen molar-refractivity contribution in [2.45, 2.75) is 39.3 Å². The third-order valence-corrected chi connectivity index (χ3v) is 5.71. The van der Waals surface area contributed by atoms with Crippen molar-refractivity contribution >= 4 is 11.8 Å². The van der Waals surface area contributed by atoms with Gasteiger partial charge >= 0.3 is 0 Å². The SMILES string of the molecule is CCNC(=O)[C@H](Cc1ccccc1)N(Cc1cccc(OC)c1)C(=O)Cc1ccccc1C. The Morgan fingerprint density at radius 3 is 2.33 bits per heavy atom. The Kier molecular flexibility index (Phi) is 8.64. The molecule has 0 aliphatic heterocycles. The van der Waals surface area contributed by atoms with Crippen molar-refractivity contribution in [3.05, 3.63) is 101 Å². The molecular formula is C28H32N2O3. The highest BCUT2D eigenvalue weighted by atomic mass is 16.5. The molecule has 2 amide bonds. The van der Waals surface area contributed by atoms with Crippen molar-refractivity contribution < 1.29 is 14.3 Å². The number of carbonyl (C=O) groups is 2. The maximum atomic E-state index is 13.7. The van der Waals surface area contributed by atoms with Crippen molar-refractivity contribution in [3.63, 3.8) is 0 Å². The van der Waals surface area contributed by atoms with Gasteiger partial charge in [-0.1, -0.05) is 66.7 Å². The maximum Gasteiger partial charge on any atom is 0.243 e. The highest BCUT2D eigenvalue weighted by Crippen LogP contribution is 2.20. The molecular weight excluding hydrogens is 412 g/mol. The first-order valence-electron chi connectivity index (χ1n) is 11.3. The Balaban J connectivity index is 1.97. The van der Waals surface area contributed by atoms with E-state index in [1.165, 1.54) is 0 Å². The van der Waals surface area contributed by atoms with E-state index in [-0.39, 0.29) is 18.2 Å². The fourth-order valence-corrected chi connectivity index (χ4v) is 3.89. The van der Waals surface area contributed by atoms with Crippen LogP contribution in [0.3, 0.4) is 0 Å². The molecule has 0 saturated carbocycles. The molecule has 1 atom stereocenters. The third kappa shape index (κ3) is 6.69. The molecule has 0 aromatic heterocycles. The summed E-state index contributed by atoms with van der Waals surface area (Å²) in [5, 5.41) is 2.93. The minimum Gasteiger partial charge on any atom is -0.497 e. The molecule has 3 rings (SSSR count). The molecule has 1 N–H and O–H groups in total. The van der Waals surface area contributed by atoms with Crippen LogP contribution in [0.25, 0.3) is 0 Å². The number of nitrogens with one attached hydrogen (secondary N) is 1. The monoisotopic (exact) mass is 444 g/mol. The predicted molar refractivity (Wildman–Crippen MR) is 131 cm³/mol. The van der Waals surface area contributed by atoms with Crippen molar-refractivity contribution in [2.24, 2.45) is 0 Å². The summed E-state index contributed by atoms with van der Waals surface area (Å²) in [4.78, 5) is 28.6. The number of amides is 2. The van der Waals surface area contributed by atoms with Gasteiger partial charge in [-0.2, -0.15) is 0 Å². The van der Waals surface area contributed by atoms with E-state index in [2.05, 4.69) is 5.32 Å². The largest absolute Gasteiger partial charge is 0.497 e. The van der Waals surface area contributed by atoms with Crippen LogP contribution in [0.1, 0.15) is 29.2 Å². The number of hydrogen-bond acceptors (Lipinski definition) is 3. The second kappa shape index (κ2) is 11.9. The van der Waals surface area contributed by atoms with Crippen molar-refractivity contribution in [3.8, 4) is 5.75 Å². The smallest absolute Gasteiger partial charge is 0.243 e. The summed E-state index contributed by atoms with van der Waals surface area (Å²) in [6.07, 6.45) is 0.678. The van der Waals surface area contributed by atoms with Crippen LogP contribution in [0.5, 0.6) is 5.75 Å². The van der Waals surface area contributed by atoms with Gasteiger partial charge in [-0.3, -0.25) is 9.59 Å². The molecule has 172 valence electrons. The Labute approximate surface area is 196 Å². The Morgan fingerprint density at radius 1 is 0.939 bits per heavy atom. The van der Waals surface area contributed by atoms with Crippen LogP contribution < -0.4 is 10.1 Å². The number of rotatable bonds is 10. The zero-order valence-electron chi connectivity index (χ0n) is 19.6. The Hall–Kier alpha value is -3.60. The van der Waals surface area contributed by atoms with Gasteiger partial charge in [0.15, 0.2) is 0 Å². The average molecular weight is 445 g/mol. The molecule has 0 aliphatic rings. The van der Waals surface area contributed by atoms with Crippen LogP contribution in [-0.4, -0.2) is 36.4 Å². The second-order valence-electron chi connectivity index (χ2n) is 8.08. The summed E-state index contributed by atoms with van der Waals surface area (Å²) < 4.78 is 5.37. The van der Waals surface area contributed by atoms with E-state index in [9.17, 15) is 9.59 Å². The lowest BCUT2D eigenvalue weighted by Gasteiger charge is -2.32. The van der Waals surface area contributed by atoms with E-state index < -0.39 is 6.04 Å². The molecule has 5 heteroatoms. The molecule has 3 aromatic rings. The van der Waals surface area contributed by atoms with Crippen molar-refractivity contribution in [1.82, 2.24) is 10.2 Å². The quantitative estimate of drug-likeness (QED) is 0.507. The van der Waals surface area contributed by atoms with Gasteiger partial charge < -0.3 is 15.0 Å². The molecule has 0 saturated heterocycles. The number of ether oxygens (including phenoxy) is 1. The highest BCUT2D eigenvalue weighted by molar-refractivity contribution is 5.89. The van der Waals surface area contributed by atoms with Crippen LogP contribution >= 0.6 is 0 Å². The second-order valence-corrected chi connectivity index (χ2v) is 8.08. The number of carbonyl (C=O) groups excluding carboxylic acids is 2. The molecule has 0 aliphatic carbocycles.